The predicted molar refractivity (Wildman–Crippen MR) is 142 cm³/mol. The van der Waals surface area contributed by atoms with Gasteiger partial charge in [-0.1, -0.05) is 55.4 Å². The molecule has 0 unspecified atom stereocenters. The minimum atomic E-state index is -0.578. The number of aliphatic hydroxyl groups is 3. The van der Waals surface area contributed by atoms with Crippen molar-refractivity contribution in [2.24, 2.45) is 28.6 Å². The molecule has 0 amide bonds. The maximum Gasteiger partial charge on any atom is 0.330 e. The van der Waals surface area contributed by atoms with Crippen LogP contribution in [0.3, 0.4) is 0 Å². The fraction of sp³-hybridized carbons (Fsp3) is 0.710. The molecular formula is C31H46O5. The van der Waals surface area contributed by atoms with Crippen molar-refractivity contribution in [3.05, 3.63) is 47.6 Å². The number of fused-ring (bicyclic) bond motifs is 1. The molecule has 0 bridgehead atoms. The molecule has 4 aliphatic carbocycles. The van der Waals surface area contributed by atoms with Gasteiger partial charge in [0.1, 0.15) is 0 Å². The molecule has 7 atom stereocenters. The van der Waals surface area contributed by atoms with Gasteiger partial charge in [-0.3, -0.25) is 0 Å². The van der Waals surface area contributed by atoms with Gasteiger partial charge in [0.15, 0.2) is 0 Å². The lowest BCUT2D eigenvalue weighted by Crippen LogP contribution is -2.35. The van der Waals surface area contributed by atoms with Gasteiger partial charge in [-0.25, -0.2) is 4.79 Å². The van der Waals surface area contributed by atoms with Crippen molar-refractivity contribution in [3.8, 4) is 0 Å². The second kappa shape index (κ2) is 11.4. The molecule has 5 nitrogen and oxygen atoms in total. The number of ether oxygens (including phenoxy) is 1. The largest absolute Gasteiger partial charge is 0.463 e. The molecule has 0 heterocycles. The first kappa shape index (κ1) is 27.3. The zero-order chi connectivity index (χ0) is 25.9. The molecular weight excluding hydrogens is 452 g/mol. The van der Waals surface area contributed by atoms with Crippen LogP contribution >= 0.6 is 0 Å². The number of carbonyl (C=O) groups is 1. The fourth-order valence-corrected chi connectivity index (χ4v) is 7.41. The Morgan fingerprint density at radius 3 is 2.50 bits per heavy atom. The smallest absolute Gasteiger partial charge is 0.330 e. The molecule has 0 spiro atoms. The third-order valence-electron chi connectivity index (χ3n) is 9.60. The summed E-state index contributed by atoms with van der Waals surface area (Å²) in [5.74, 6) is 1.19. The van der Waals surface area contributed by atoms with Crippen LogP contribution in [0.1, 0.15) is 85.0 Å². The third kappa shape index (κ3) is 6.06. The van der Waals surface area contributed by atoms with Crippen LogP contribution in [-0.2, 0) is 9.53 Å². The summed E-state index contributed by atoms with van der Waals surface area (Å²) in [5, 5.41) is 30.9. The lowest BCUT2D eigenvalue weighted by atomic mass is 9.61. The van der Waals surface area contributed by atoms with Gasteiger partial charge in [-0.15, -0.1) is 0 Å². The van der Waals surface area contributed by atoms with Crippen LogP contribution < -0.4 is 0 Å². The molecule has 4 saturated carbocycles. The zero-order valence-electron chi connectivity index (χ0n) is 22.4. The standard InChI is InChI=1S/C31H46O5/c1-4-36-29(35)13-15-31(16-17-31)28(34)12-7-21(2)26-10-11-27-23(6-5-14-30(26,27)3)9-8-22-18-24(32)20-25(33)19-22/h7-9,12-13,15,21,24-28,32-34H,4-6,10-11,14,16-20H2,1-3H3/b12-7+,15-13+,23-9+/t21-,24-,25-,26-,27+,28-,30-/m1/s1. The monoisotopic (exact) mass is 498 g/mol. The highest BCUT2D eigenvalue weighted by molar-refractivity contribution is 5.82. The zero-order valence-corrected chi connectivity index (χ0v) is 22.4. The minimum Gasteiger partial charge on any atom is -0.463 e. The van der Waals surface area contributed by atoms with E-state index in [4.69, 9.17) is 4.74 Å². The molecule has 0 aromatic rings. The third-order valence-corrected chi connectivity index (χ3v) is 9.60. The first-order valence-corrected chi connectivity index (χ1v) is 14.1. The van der Waals surface area contributed by atoms with Gasteiger partial charge in [0.25, 0.3) is 0 Å². The van der Waals surface area contributed by atoms with Crippen molar-refractivity contribution in [3.63, 3.8) is 0 Å². The van der Waals surface area contributed by atoms with Crippen molar-refractivity contribution >= 4 is 5.97 Å². The first-order chi connectivity index (χ1) is 17.2. The lowest BCUT2D eigenvalue weighted by molar-refractivity contribution is -0.137. The number of hydrogen-bond donors (Lipinski definition) is 3. The maximum atomic E-state index is 11.7. The van der Waals surface area contributed by atoms with Crippen LogP contribution in [-0.4, -0.2) is 46.2 Å². The quantitative estimate of drug-likeness (QED) is 0.236. The highest BCUT2D eigenvalue weighted by atomic mass is 16.5. The van der Waals surface area contributed by atoms with E-state index in [-0.39, 0.29) is 16.8 Å². The summed E-state index contributed by atoms with van der Waals surface area (Å²) in [7, 11) is 0. The summed E-state index contributed by atoms with van der Waals surface area (Å²) in [6.45, 7) is 6.91. The highest BCUT2D eigenvalue weighted by Gasteiger charge is 2.50. The van der Waals surface area contributed by atoms with E-state index < -0.39 is 18.3 Å². The van der Waals surface area contributed by atoms with Gasteiger partial charge in [0, 0.05) is 11.5 Å². The second-order valence-corrected chi connectivity index (χ2v) is 12.1. The lowest BCUT2D eigenvalue weighted by Gasteiger charge is -2.44. The van der Waals surface area contributed by atoms with Gasteiger partial charge in [0.2, 0.25) is 0 Å². The molecule has 4 fully saturated rings. The molecule has 4 aliphatic rings. The molecule has 5 heteroatoms. The number of aliphatic hydroxyl groups excluding tert-OH is 3. The van der Waals surface area contributed by atoms with Crippen LogP contribution in [0.25, 0.3) is 0 Å². The van der Waals surface area contributed by atoms with E-state index in [1.807, 2.05) is 12.2 Å². The van der Waals surface area contributed by atoms with Crippen molar-refractivity contribution in [2.45, 2.75) is 103 Å². The van der Waals surface area contributed by atoms with E-state index in [1.54, 1.807) is 6.92 Å². The molecule has 3 N–H and O–H groups in total. The number of carbonyl (C=O) groups excluding carboxylic acids is 1. The Balaban J connectivity index is 1.40. The van der Waals surface area contributed by atoms with E-state index in [2.05, 4.69) is 32.1 Å². The molecule has 36 heavy (non-hydrogen) atoms. The summed E-state index contributed by atoms with van der Waals surface area (Å²) < 4.78 is 4.99. The van der Waals surface area contributed by atoms with Crippen LogP contribution in [0.4, 0.5) is 0 Å². The maximum absolute atomic E-state index is 11.7. The van der Waals surface area contributed by atoms with Gasteiger partial charge in [-0.2, -0.15) is 0 Å². The topological polar surface area (TPSA) is 87.0 Å². The summed E-state index contributed by atoms with van der Waals surface area (Å²) in [6.07, 6.45) is 20.1. The van der Waals surface area contributed by atoms with Crippen LogP contribution in [0.5, 0.6) is 0 Å². The van der Waals surface area contributed by atoms with Crippen LogP contribution in [0.2, 0.25) is 0 Å². The molecule has 0 aliphatic heterocycles. The summed E-state index contributed by atoms with van der Waals surface area (Å²) in [4.78, 5) is 11.7. The fourth-order valence-electron chi connectivity index (χ4n) is 7.41. The normalized spacial score (nSPS) is 36.7. The summed E-state index contributed by atoms with van der Waals surface area (Å²) >= 11 is 0. The van der Waals surface area contributed by atoms with Crippen molar-refractivity contribution in [1.82, 2.24) is 0 Å². The van der Waals surface area contributed by atoms with Crippen LogP contribution in [0, 0.1) is 28.6 Å². The van der Waals surface area contributed by atoms with E-state index in [0.29, 0.717) is 43.6 Å². The van der Waals surface area contributed by atoms with Gasteiger partial charge < -0.3 is 20.1 Å². The Kier molecular flexibility index (Phi) is 8.63. The Hall–Kier alpha value is -1.69. The Morgan fingerprint density at radius 2 is 1.83 bits per heavy atom. The molecule has 0 aromatic carbocycles. The average Bonchev–Trinajstić information content (AvgIpc) is 3.54. The van der Waals surface area contributed by atoms with Crippen molar-refractivity contribution in [1.29, 1.82) is 0 Å². The predicted octanol–water partition coefficient (Wildman–Crippen LogP) is 5.41. The van der Waals surface area contributed by atoms with Gasteiger partial charge >= 0.3 is 5.97 Å². The molecule has 4 rings (SSSR count). The molecule has 0 radical (unpaired) electrons. The second-order valence-electron chi connectivity index (χ2n) is 12.1. The number of esters is 1. The van der Waals surface area contributed by atoms with E-state index in [0.717, 1.165) is 24.8 Å². The number of hydrogen-bond acceptors (Lipinski definition) is 5. The number of allylic oxidation sites excluding steroid dienone is 4. The van der Waals surface area contributed by atoms with E-state index in [1.165, 1.54) is 37.3 Å². The Bertz CT molecular complexity index is 898. The average molecular weight is 499 g/mol. The Morgan fingerprint density at radius 1 is 1.11 bits per heavy atom. The summed E-state index contributed by atoms with van der Waals surface area (Å²) in [6, 6.07) is 0. The summed E-state index contributed by atoms with van der Waals surface area (Å²) in [5.41, 5.74) is 2.63. The van der Waals surface area contributed by atoms with E-state index in [9.17, 15) is 20.1 Å². The SMILES string of the molecule is CCOC(=O)/C=C/C1([C@H](O)/C=C/[C@@H](C)[C@H]2CC[C@H]3/C(=C/C=C4C[C@@H](O)C[C@H](O)C4)CCC[C@]23C)CC1. The molecule has 200 valence electrons. The van der Waals surface area contributed by atoms with Crippen LogP contribution in [0.15, 0.2) is 47.6 Å². The Labute approximate surface area is 217 Å². The highest BCUT2D eigenvalue weighted by Crippen LogP contribution is 2.59. The van der Waals surface area contributed by atoms with Gasteiger partial charge in [0.05, 0.1) is 24.9 Å². The first-order valence-electron chi connectivity index (χ1n) is 14.1. The van der Waals surface area contributed by atoms with Gasteiger partial charge in [-0.05, 0) is 94.3 Å². The molecule has 0 saturated heterocycles. The minimum absolute atomic E-state index is 0.254. The number of rotatable bonds is 8. The van der Waals surface area contributed by atoms with Crippen molar-refractivity contribution in [2.75, 3.05) is 6.61 Å². The van der Waals surface area contributed by atoms with E-state index >= 15 is 0 Å². The van der Waals surface area contributed by atoms with Crippen molar-refractivity contribution < 1.29 is 24.9 Å². The molecule has 0 aromatic heterocycles.